The van der Waals surface area contributed by atoms with E-state index in [0.29, 0.717) is 17.0 Å². The Morgan fingerprint density at radius 2 is 1.68 bits per heavy atom. The summed E-state index contributed by atoms with van der Waals surface area (Å²) in [6.07, 6.45) is 6.98. The summed E-state index contributed by atoms with van der Waals surface area (Å²) >= 11 is 5.77. The second-order valence-electron chi connectivity index (χ2n) is 5.43. The molecule has 0 bridgehead atoms. The summed E-state index contributed by atoms with van der Waals surface area (Å²) in [6, 6.07) is 5.55. The van der Waals surface area contributed by atoms with Crippen molar-refractivity contribution in [2.45, 2.75) is 57.9 Å². The number of benzene rings is 1. The maximum absolute atomic E-state index is 12.0. The second-order valence-corrected chi connectivity index (χ2v) is 5.86. The largest absolute Gasteiger partial charge is 0.480 e. The first-order chi connectivity index (χ1) is 10.5. The molecule has 0 aliphatic heterocycles. The van der Waals surface area contributed by atoms with E-state index in [4.69, 9.17) is 11.6 Å². The molecule has 1 rings (SSSR count). The molecule has 1 aromatic rings. The molecule has 0 saturated heterocycles. The zero-order chi connectivity index (χ0) is 16.4. The van der Waals surface area contributed by atoms with Gasteiger partial charge in [0.15, 0.2) is 0 Å². The molecule has 0 aliphatic rings. The number of carboxylic acid groups (broad SMARTS) is 1. The van der Waals surface area contributed by atoms with Crippen LogP contribution in [0, 0.1) is 0 Å². The van der Waals surface area contributed by atoms with Gasteiger partial charge < -0.3 is 10.4 Å². The number of rotatable bonds is 10. The number of hydrogen-bond donors (Lipinski definition) is 2. The van der Waals surface area contributed by atoms with Crippen molar-refractivity contribution in [3.63, 3.8) is 0 Å². The van der Waals surface area contributed by atoms with Gasteiger partial charge in [0.2, 0.25) is 0 Å². The van der Waals surface area contributed by atoms with Gasteiger partial charge >= 0.3 is 5.97 Å². The van der Waals surface area contributed by atoms with Crippen molar-refractivity contribution in [2.75, 3.05) is 0 Å². The van der Waals surface area contributed by atoms with Gasteiger partial charge in [0.05, 0.1) is 0 Å². The quantitative estimate of drug-likeness (QED) is 0.631. The zero-order valence-electron chi connectivity index (χ0n) is 13.0. The van der Waals surface area contributed by atoms with Gasteiger partial charge in [-0.1, -0.05) is 57.0 Å². The highest BCUT2D eigenvalue weighted by molar-refractivity contribution is 6.30. The third-order valence-corrected chi connectivity index (χ3v) is 3.81. The zero-order valence-corrected chi connectivity index (χ0v) is 13.7. The van der Waals surface area contributed by atoms with Crippen molar-refractivity contribution in [1.29, 1.82) is 0 Å². The maximum atomic E-state index is 12.0. The van der Waals surface area contributed by atoms with E-state index >= 15 is 0 Å². The molecule has 1 atom stereocenters. The van der Waals surface area contributed by atoms with Crippen molar-refractivity contribution < 1.29 is 14.7 Å². The lowest BCUT2D eigenvalue weighted by Crippen LogP contribution is -2.40. The van der Waals surface area contributed by atoms with Crippen LogP contribution in [-0.2, 0) is 4.79 Å². The molecule has 4 nitrogen and oxygen atoms in total. The molecule has 0 aliphatic carbocycles. The number of unbranched alkanes of at least 4 members (excludes halogenated alkanes) is 5. The molecule has 0 aromatic heterocycles. The van der Waals surface area contributed by atoms with Crippen LogP contribution in [0.1, 0.15) is 62.2 Å². The van der Waals surface area contributed by atoms with Gasteiger partial charge in [0, 0.05) is 10.6 Å². The Labute approximate surface area is 136 Å². The van der Waals surface area contributed by atoms with Crippen LogP contribution in [0.5, 0.6) is 0 Å². The standard InChI is InChI=1S/C17H24ClNO3/c1-2-3-4-5-6-7-8-15(17(21)22)19-16(20)13-9-11-14(18)12-10-13/h9-12,15H,2-8H2,1H3,(H,19,20)(H,21,22)/t15-/m0/s1. The van der Waals surface area contributed by atoms with Crippen molar-refractivity contribution >= 4 is 23.5 Å². The molecule has 5 heteroatoms. The minimum Gasteiger partial charge on any atom is -0.480 e. The Balaban J connectivity index is 2.41. The molecule has 1 amide bonds. The van der Waals surface area contributed by atoms with Gasteiger partial charge in [0.1, 0.15) is 6.04 Å². The fourth-order valence-corrected chi connectivity index (χ4v) is 2.36. The lowest BCUT2D eigenvalue weighted by molar-refractivity contribution is -0.139. The molecule has 122 valence electrons. The highest BCUT2D eigenvalue weighted by atomic mass is 35.5. The smallest absolute Gasteiger partial charge is 0.326 e. The average molecular weight is 326 g/mol. The van der Waals surface area contributed by atoms with Crippen LogP contribution in [0.2, 0.25) is 5.02 Å². The molecular formula is C17H24ClNO3. The number of aliphatic carboxylic acids is 1. The van der Waals surface area contributed by atoms with Gasteiger partial charge in [-0.05, 0) is 30.7 Å². The molecule has 0 heterocycles. The normalized spacial score (nSPS) is 11.9. The molecule has 0 radical (unpaired) electrons. The van der Waals surface area contributed by atoms with E-state index in [-0.39, 0.29) is 5.91 Å². The van der Waals surface area contributed by atoms with Crippen LogP contribution in [0.4, 0.5) is 0 Å². The first-order valence-corrected chi connectivity index (χ1v) is 8.21. The minimum absolute atomic E-state index is 0.380. The van der Waals surface area contributed by atoms with Crippen LogP contribution in [0.3, 0.4) is 0 Å². The Hall–Kier alpha value is -1.55. The average Bonchev–Trinajstić information content (AvgIpc) is 2.49. The number of amides is 1. The predicted molar refractivity (Wildman–Crippen MR) is 88.3 cm³/mol. The predicted octanol–water partition coefficient (Wildman–Crippen LogP) is 4.27. The second kappa shape index (κ2) is 10.2. The number of halogens is 1. The van der Waals surface area contributed by atoms with Crippen LogP contribution in [0.15, 0.2) is 24.3 Å². The summed E-state index contributed by atoms with van der Waals surface area (Å²) < 4.78 is 0. The number of carbonyl (C=O) groups is 2. The van der Waals surface area contributed by atoms with E-state index in [9.17, 15) is 14.7 Å². The van der Waals surface area contributed by atoms with Crippen molar-refractivity contribution in [2.24, 2.45) is 0 Å². The van der Waals surface area contributed by atoms with Gasteiger partial charge in [-0.15, -0.1) is 0 Å². The number of carboxylic acids is 1. The van der Waals surface area contributed by atoms with Crippen LogP contribution in [-0.4, -0.2) is 23.0 Å². The summed E-state index contributed by atoms with van der Waals surface area (Å²) in [6.45, 7) is 2.16. The Bertz CT molecular complexity index is 473. The number of nitrogens with one attached hydrogen (secondary N) is 1. The van der Waals surface area contributed by atoms with E-state index in [1.54, 1.807) is 24.3 Å². The Morgan fingerprint density at radius 3 is 2.27 bits per heavy atom. The van der Waals surface area contributed by atoms with E-state index < -0.39 is 12.0 Å². The van der Waals surface area contributed by atoms with E-state index in [0.717, 1.165) is 19.3 Å². The topological polar surface area (TPSA) is 66.4 Å². The number of hydrogen-bond acceptors (Lipinski definition) is 2. The van der Waals surface area contributed by atoms with Crippen molar-refractivity contribution in [3.8, 4) is 0 Å². The molecule has 22 heavy (non-hydrogen) atoms. The third kappa shape index (κ3) is 6.94. The van der Waals surface area contributed by atoms with Gasteiger partial charge in [-0.2, -0.15) is 0 Å². The molecule has 2 N–H and O–H groups in total. The number of carbonyl (C=O) groups excluding carboxylic acids is 1. The van der Waals surface area contributed by atoms with E-state index in [2.05, 4.69) is 12.2 Å². The maximum Gasteiger partial charge on any atom is 0.326 e. The molecule has 1 aromatic carbocycles. The minimum atomic E-state index is -0.990. The highest BCUT2D eigenvalue weighted by Crippen LogP contribution is 2.11. The summed E-state index contributed by atoms with van der Waals surface area (Å²) in [5.41, 5.74) is 0.415. The molecule has 0 fully saturated rings. The lowest BCUT2D eigenvalue weighted by atomic mass is 10.1. The summed E-state index contributed by atoms with van der Waals surface area (Å²) in [5, 5.41) is 12.3. The monoisotopic (exact) mass is 325 g/mol. The Kier molecular flexibility index (Phi) is 8.60. The molecule has 0 unspecified atom stereocenters. The summed E-state index contributed by atoms with van der Waals surface area (Å²) in [4.78, 5) is 23.3. The van der Waals surface area contributed by atoms with Crippen LogP contribution in [0.25, 0.3) is 0 Å². The highest BCUT2D eigenvalue weighted by Gasteiger charge is 2.20. The first kappa shape index (κ1) is 18.5. The molecule has 0 saturated carbocycles. The lowest BCUT2D eigenvalue weighted by Gasteiger charge is -2.14. The van der Waals surface area contributed by atoms with Crippen molar-refractivity contribution in [3.05, 3.63) is 34.9 Å². The third-order valence-electron chi connectivity index (χ3n) is 3.56. The molecule has 0 spiro atoms. The van der Waals surface area contributed by atoms with Gasteiger partial charge in [-0.25, -0.2) is 4.79 Å². The summed E-state index contributed by atoms with van der Waals surface area (Å²) in [7, 11) is 0. The van der Waals surface area contributed by atoms with Crippen LogP contribution >= 0.6 is 11.6 Å². The molecular weight excluding hydrogens is 302 g/mol. The first-order valence-electron chi connectivity index (χ1n) is 7.83. The van der Waals surface area contributed by atoms with Gasteiger partial charge in [0.25, 0.3) is 5.91 Å². The Morgan fingerprint density at radius 1 is 1.09 bits per heavy atom. The van der Waals surface area contributed by atoms with Crippen LogP contribution < -0.4 is 5.32 Å². The fraction of sp³-hybridized carbons (Fsp3) is 0.529. The SMILES string of the molecule is CCCCCCCC[C@H](NC(=O)c1ccc(Cl)cc1)C(=O)O. The van der Waals surface area contributed by atoms with E-state index in [1.165, 1.54) is 19.3 Å². The summed E-state index contributed by atoms with van der Waals surface area (Å²) in [5.74, 6) is -1.37. The van der Waals surface area contributed by atoms with Crippen molar-refractivity contribution in [1.82, 2.24) is 5.32 Å². The van der Waals surface area contributed by atoms with E-state index in [1.807, 2.05) is 0 Å². The fourth-order valence-electron chi connectivity index (χ4n) is 2.23. The van der Waals surface area contributed by atoms with Gasteiger partial charge in [-0.3, -0.25) is 4.79 Å².